The zero-order chi connectivity index (χ0) is 13.8. The number of piperidine rings is 1. The van der Waals surface area contributed by atoms with Gasteiger partial charge in [-0.3, -0.25) is 4.90 Å². The van der Waals surface area contributed by atoms with Crippen LogP contribution in [-0.4, -0.2) is 53.7 Å². The van der Waals surface area contributed by atoms with Gasteiger partial charge in [0.2, 0.25) is 0 Å². The number of hydrogen-bond acceptors (Lipinski definition) is 5. The molecule has 4 nitrogen and oxygen atoms in total. The van der Waals surface area contributed by atoms with Crippen molar-refractivity contribution in [2.75, 3.05) is 38.3 Å². The number of aromatic nitrogens is 2. The van der Waals surface area contributed by atoms with Crippen molar-refractivity contribution in [2.45, 2.75) is 31.1 Å². The van der Waals surface area contributed by atoms with E-state index in [4.69, 9.17) is 4.98 Å². The first-order valence-corrected chi connectivity index (χ1v) is 8.17. The fourth-order valence-corrected chi connectivity index (χ4v) is 3.00. The van der Waals surface area contributed by atoms with Crippen LogP contribution in [0.2, 0.25) is 0 Å². The zero-order valence-corrected chi connectivity index (χ0v) is 13.2. The number of thioether (sulfide) groups is 1. The Hall–Kier alpha value is -0.810. The van der Waals surface area contributed by atoms with Crippen molar-refractivity contribution in [1.82, 2.24) is 14.9 Å². The van der Waals surface area contributed by atoms with Crippen LogP contribution in [0.25, 0.3) is 0 Å². The summed E-state index contributed by atoms with van der Waals surface area (Å²) >= 11 is 1.91. The van der Waals surface area contributed by atoms with Crippen LogP contribution < -0.4 is 4.90 Å². The lowest BCUT2D eigenvalue weighted by Crippen LogP contribution is -2.39. The van der Waals surface area contributed by atoms with Gasteiger partial charge in [0, 0.05) is 32.8 Å². The van der Waals surface area contributed by atoms with Crippen LogP contribution in [0.1, 0.15) is 31.5 Å². The Morgan fingerprint density at radius 2 is 2.26 bits per heavy atom. The summed E-state index contributed by atoms with van der Waals surface area (Å²) < 4.78 is 0. The molecule has 1 aromatic heterocycles. The van der Waals surface area contributed by atoms with Gasteiger partial charge in [0.1, 0.15) is 11.6 Å². The first-order valence-electron chi connectivity index (χ1n) is 6.89. The van der Waals surface area contributed by atoms with Crippen molar-refractivity contribution in [3.63, 3.8) is 0 Å². The predicted octanol–water partition coefficient (Wildman–Crippen LogP) is 2.43. The third-order valence-corrected chi connectivity index (χ3v) is 4.77. The highest BCUT2D eigenvalue weighted by Crippen LogP contribution is 2.28. The molecule has 1 aromatic rings. The number of rotatable bonds is 4. The molecule has 0 saturated carbocycles. The topological polar surface area (TPSA) is 32.3 Å². The molecule has 0 amide bonds. The lowest BCUT2D eigenvalue weighted by Gasteiger charge is -2.35. The smallest absolute Gasteiger partial charge is 0.135 e. The molecule has 2 rings (SSSR count). The summed E-state index contributed by atoms with van der Waals surface area (Å²) in [6.45, 7) is 4.56. The maximum absolute atomic E-state index is 4.70. The monoisotopic (exact) mass is 280 g/mol. The van der Waals surface area contributed by atoms with E-state index >= 15 is 0 Å². The lowest BCUT2D eigenvalue weighted by molar-refractivity contribution is 0.198. The van der Waals surface area contributed by atoms with E-state index in [2.05, 4.69) is 23.1 Å². The van der Waals surface area contributed by atoms with Gasteiger partial charge >= 0.3 is 0 Å². The second-order valence-electron chi connectivity index (χ2n) is 5.34. The molecule has 2 atom stereocenters. The van der Waals surface area contributed by atoms with Gasteiger partial charge in [-0.15, -0.1) is 11.8 Å². The van der Waals surface area contributed by atoms with Crippen LogP contribution in [0.5, 0.6) is 0 Å². The van der Waals surface area contributed by atoms with Crippen molar-refractivity contribution in [3.05, 3.63) is 18.1 Å². The summed E-state index contributed by atoms with van der Waals surface area (Å²) in [5, 5.41) is 0.583. The number of nitrogens with zero attached hydrogens (tertiary/aromatic N) is 4. The average molecular weight is 280 g/mol. The molecule has 1 fully saturated rings. The molecule has 5 heteroatoms. The molecule has 106 valence electrons. The Kier molecular flexibility index (Phi) is 5.05. The van der Waals surface area contributed by atoms with Gasteiger partial charge in [-0.25, -0.2) is 9.97 Å². The molecule has 0 aliphatic carbocycles. The van der Waals surface area contributed by atoms with E-state index in [9.17, 15) is 0 Å². The third-order valence-electron chi connectivity index (χ3n) is 3.79. The number of hydrogen-bond donors (Lipinski definition) is 0. The molecule has 0 N–H and O–H groups in total. The summed E-state index contributed by atoms with van der Waals surface area (Å²) in [4.78, 5) is 13.8. The molecule has 0 spiro atoms. The third kappa shape index (κ3) is 3.60. The second kappa shape index (κ2) is 6.57. The Morgan fingerprint density at radius 3 is 2.95 bits per heavy atom. The molecule has 0 aromatic carbocycles. The summed E-state index contributed by atoms with van der Waals surface area (Å²) in [6, 6.07) is 1.97. The maximum Gasteiger partial charge on any atom is 0.135 e. The van der Waals surface area contributed by atoms with E-state index < -0.39 is 0 Å². The molecule has 2 unspecified atom stereocenters. The molecule has 0 bridgehead atoms. The van der Waals surface area contributed by atoms with Gasteiger partial charge in [-0.2, -0.15) is 0 Å². The summed E-state index contributed by atoms with van der Waals surface area (Å²) in [5.74, 6) is 2.48. The van der Waals surface area contributed by atoms with Crippen molar-refractivity contribution < 1.29 is 0 Å². The molecule has 0 radical (unpaired) electrons. The summed E-state index contributed by atoms with van der Waals surface area (Å²) in [5.41, 5.74) is 0. The van der Waals surface area contributed by atoms with Crippen LogP contribution in [0.15, 0.2) is 12.3 Å². The SMILES string of the molecule is CSC(C)N1CCCC(c2nccc(N(C)C)n2)C1. The first-order chi connectivity index (χ1) is 9.11. The minimum Gasteiger partial charge on any atom is -0.363 e. The van der Waals surface area contributed by atoms with Crippen LogP contribution in [-0.2, 0) is 0 Å². The van der Waals surface area contributed by atoms with Crippen molar-refractivity contribution in [2.24, 2.45) is 0 Å². The van der Waals surface area contributed by atoms with Gasteiger partial charge in [0.25, 0.3) is 0 Å². The van der Waals surface area contributed by atoms with E-state index in [0.29, 0.717) is 11.3 Å². The number of likely N-dealkylation sites (tertiary alicyclic amines) is 1. The molecular formula is C14H24N4S. The molecule has 1 aliphatic heterocycles. The van der Waals surface area contributed by atoms with E-state index in [1.807, 2.05) is 43.0 Å². The van der Waals surface area contributed by atoms with E-state index in [1.54, 1.807) is 0 Å². The molecule has 1 aliphatic rings. The van der Waals surface area contributed by atoms with Crippen LogP contribution in [0.3, 0.4) is 0 Å². The minimum atomic E-state index is 0.475. The second-order valence-corrected chi connectivity index (χ2v) is 6.49. The van der Waals surface area contributed by atoms with Crippen LogP contribution >= 0.6 is 11.8 Å². The minimum absolute atomic E-state index is 0.475. The Labute approximate surface area is 120 Å². The molecular weight excluding hydrogens is 256 g/mol. The van der Waals surface area contributed by atoms with Gasteiger partial charge < -0.3 is 4.90 Å². The normalized spacial score (nSPS) is 22.2. The summed E-state index contributed by atoms with van der Waals surface area (Å²) in [7, 11) is 4.05. The standard InChI is InChI=1S/C14H24N4S/c1-11(19-4)18-9-5-6-12(10-18)14-15-8-7-13(16-14)17(2)3/h7-8,11-12H,5-6,9-10H2,1-4H3. The first kappa shape index (κ1) is 14.6. The fourth-order valence-electron chi connectivity index (χ4n) is 2.51. The van der Waals surface area contributed by atoms with Gasteiger partial charge in [-0.1, -0.05) is 0 Å². The van der Waals surface area contributed by atoms with Crippen molar-refractivity contribution in [3.8, 4) is 0 Å². The average Bonchev–Trinajstić information content (AvgIpc) is 2.46. The zero-order valence-electron chi connectivity index (χ0n) is 12.3. The maximum atomic E-state index is 4.70. The van der Waals surface area contributed by atoms with E-state index in [1.165, 1.54) is 19.4 Å². The Morgan fingerprint density at radius 1 is 1.47 bits per heavy atom. The van der Waals surface area contributed by atoms with Crippen LogP contribution in [0, 0.1) is 0 Å². The lowest BCUT2D eigenvalue weighted by atomic mass is 9.97. The van der Waals surface area contributed by atoms with E-state index in [-0.39, 0.29) is 0 Å². The largest absolute Gasteiger partial charge is 0.363 e. The quantitative estimate of drug-likeness (QED) is 0.846. The van der Waals surface area contributed by atoms with Gasteiger partial charge in [0.05, 0.1) is 5.37 Å². The van der Waals surface area contributed by atoms with Gasteiger partial charge in [0.15, 0.2) is 0 Å². The predicted molar refractivity (Wildman–Crippen MR) is 82.9 cm³/mol. The molecule has 1 saturated heterocycles. The summed E-state index contributed by atoms with van der Waals surface area (Å²) in [6.07, 6.45) is 6.51. The number of anilines is 1. The highest BCUT2D eigenvalue weighted by molar-refractivity contribution is 7.99. The molecule has 2 heterocycles. The van der Waals surface area contributed by atoms with Crippen molar-refractivity contribution in [1.29, 1.82) is 0 Å². The van der Waals surface area contributed by atoms with Crippen LogP contribution in [0.4, 0.5) is 5.82 Å². The highest BCUT2D eigenvalue weighted by atomic mass is 32.2. The fraction of sp³-hybridized carbons (Fsp3) is 0.714. The Balaban J connectivity index is 2.10. The highest BCUT2D eigenvalue weighted by Gasteiger charge is 2.26. The van der Waals surface area contributed by atoms with Crippen molar-refractivity contribution >= 4 is 17.6 Å². The van der Waals surface area contributed by atoms with Gasteiger partial charge in [-0.05, 0) is 38.6 Å². The molecule has 19 heavy (non-hydrogen) atoms. The van der Waals surface area contributed by atoms with E-state index in [0.717, 1.165) is 18.2 Å². The Bertz CT molecular complexity index is 410.